The van der Waals surface area contributed by atoms with Crippen LogP contribution in [0.15, 0.2) is 100 Å². The van der Waals surface area contributed by atoms with Gasteiger partial charge in [0.05, 0.1) is 18.2 Å². The van der Waals surface area contributed by atoms with Crippen molar-refractivity contribution in [2.75, 3.05) is 57.5 Å². The molecule has 76 heavy (non-hydrogen) atoms. The Morgan fingerprint density at radius 2 is 1.70 bits per heavy atom. The fourth-order valence-electron chi connectivity index (χ4n) is 9.45. The molecule has 2 saturated heterocycles. The highest BCUT2D eigenvalue weighted by Crippen LogP contribution is 2.33. The summed E-state index contributed by atoms with van der Waals surface area (Å²) in [6.45, 7) is 9.11. The number of nitrogens with zero attached hydrogens (tertiary/aromatic N) is 7. The Morgan fingerprint density at radius 3 is 2.42 bits per heavy atom. The molecule has 2 aromatic carbocycles. The minimum absolute atomic E-state index is 0.0164. The molecule has 7 rings (SSSR count). The molecule has 0 bridgehead atoms. The summed E-state index contributed by atoms with van der Waals surface area (Å²) >= 11 is 0. The number of pyridine rings is 1. The van der Waals surface area contributed by atoms with Crippen LogP contribution in [0, 0.1) is 12.8 Å². The van der Waals surface area contributed by atoms with Gasteiger partial charge in [-0.05, 0) is 74.4 Å². The van der Waals surface area contributed by atoms with Crippen molar-refractivity contribution in [1.29, 1.82) is 0 Å². The average Bonchev–Trinajstić information content (AvgIpc) is 3.94. The zero-order valence-corrected chi connectivity index (χ0v) is 44.6. The fraction of sp³-hybridized carbons (Fsp3) is 0.519. The first-order chi connectivity index (χ1) is 36.5. The van der Waals surface area contributed by atoms with Crippen LogP contribution >= 0.6 is 21.6 Å². The van der Waals surface area contributed by atoms with Crippen molar-refractivity contribution in [2.45, 2.75) is 108 Å². The summed E-state index contributed by atoms with van der Waals surface area (Å²) in [6, 6.07) is 19.0. The van der Waals surface area contributed by atoms with Crippen molar-refractivity contribution in [1.82, 2.24) is 35.0 Å². The van der Waals surface area contributed by atoms with Gasteiger partial charge in [-0.25, -0.2) is 14.4 Å². The van der Waals surface area contributed by atoms with Crippen LogP contribution in [0.2, 0.25) is 0 Å². The van der Waals surface area contributed by atoms with Crippen molar-refractivity contribution in [3.05, 3.63) is 144 Å². The molecule has 3 aliphatic rings. The molecule has 1 aliphatic carbocycles. The lowest BCUT2D eigenvalue weighted by atomic mass is 9.91. The van der Waals surface area contributed by atoms with Crippen molar-refractivity contribution in [3.63, 3.8) is 0 Å². The highest BCUT2D eigenvalue weighted by Gasteiger charge is 2.40. The van der Waals surface area contributed by atoms with E-state index in [0.717, 1.165) is 22.3 Å². The largest absolute Gasteiger partial charge is 0.508 e. The molecule has 2 amide bonds. The number of aromatic amines is 1. The van der Waals surface area contributed by atoms with Crippen LogP contribution in [-0.2, 0) is 52.7 Å². The maximum Gasteiger partial charge on any atom is 0.508 e. The Bertz CT molecular complexity index is 2760. The summed E-state index contributed by atoms with van der Waals surface area (Å²) in [5, 5.41) is 21.1. The van der Waals surface area contributed by atoms with Crippen LogP contribution in [0.25, 0.3) is 10.4 Å². The maximum atomic E-state index is 14.5. The van der Waals surface area contributed by atoms with E-state index in [1.165, 1.54) is 39.3 Å². The Hall–Kier alpha value is -6.40. The molecule has 22 nitrogen and oxygen atoms in total. The number of H-pyrrole nitrogens is 1. The highest BCUT2D eigenvalue weighted by atomic mass is 33.1. The Kier molecular flexibility index (Phi) is 20.8. The predicted octanol–water partition coefficient (Wildman–Crippen LogP) is 5.39. The molecule has 408 valence electrons. The smallest absolute Gasteiger partial charge is 0.433 e. The zero-order chi connectivity index (χ0) is 54.2. The molecule has 0 spiro atoms. The van der Waals surface area contributed by atoms with Gasteiger partial charge in [-0.1, -0.05) is 87.4 Å². The van der Waals surface area contributed by atoms with Gasteiger partial charge in [-0.3, -0.25) is 38.7 Å². The van der Waals surface area contributed by atoms with Gasteiger partial charge in [0, 0.05) is 97.6 Å². The number of hydrogen-bond acceptors (Lipinski definition) is 18. The molecule has 4 N–H and O–H groups in total. The third kappa shape index (κ3) is 16.8. The number of piperazine rings is 1. The zero-order valence-electron chi connectivity index (χ0n) is 43.0. The molecule has 8 atom stereocenters. The lowest BCUT2D eigenvalue weighted by molar-refractivity contribution is -0.132. The molecule has 4 heterocycles. The van der Waals surface area contributed by atoms with E-state index in [0.29, 0.717) is 50.5 Å². The number of fused-ring (bicyclic) bond motifs is 1. The number of carbonyl (C=O) groups is 4. The average molecular weight is 1090 g/mol. The van der Waals surface area contributed by atoms with Crippen LogP contribution in [0.3, 0.4) is 0 Å². The summed E-state index contributed by atoms with van der Waals surface area (Å²) in [7, 11) is 2.73. The fourth-order valence-corrected chi connectivity index (χ4v) is 11.1. The molecule has 0 unspecified atom stereocenters. The second-order valence-electron chi connectivity index (χ2n) is 19.9. The van der Waals surface area contributed by atoms with Crippen molar-refractivity contribution < 1.29 is 48.0 Å². The van der Waals surface area contributed by atoms with E-state index >= 15 is 0 Å². The van der Waals surface area contributed by atoms with Crippen molar-refractivity contribution in [3.8, 4) is 0 Å². The number of nitrogens with one attached hydrogen (secondary N) is 3. The van der Waals surface area contributed by atoms with Crippen LogP contribution in [0.4, 0.5) is 9.59 Å². The summed E-state index contributed by atoms with van der Waals surface area (Å²) in [4.78, 5) is 92.5. The van der Waals surface area contributed by atoms with Crippen molar-refractivity contribution >= 4 is 45.7 Å². The molecular weight excluding hydrogens is 1020 g/mol. The van der Waals surface area contributed by atoms with Crippen molar-refractivity contribution in [2.24, 2.45) is 11.0 Å². The topological polar surface area (TPSA) is 282 Å². The van der Waals surface area contributed by atoms with Crippen LogP contribution < -0.4 is 21.9 Å². The molecule has 0 saturated carbocycles. The molecule has 2 fully saturated rings. The van der Waals surface area contributed by atoms with E-state index in [-0.39, 0.29) is 56.6 Å². The highest BCUT2D eigenvalue weighted by molar-refractivity contribution is 8.76. The van der Waals surface area contributed by atoms with E-state index in [1.807, 2.05) is 92.4 Å². The lowest BCUT2D eigenvalue weighted by Crippen LogP contribution is -2.62. The van der Waals surface area contributed by atoms with Crippen LogP contribution in [0.5, 0.6) is 0 Å². The van der Waals surface area contributed by atoms with Gasteiger partial charge in [0.25, 0.3) is 5.56 Å². The second-order valence-corrected chi connectivity index (χ2v) is 22.6. The number of benzene rings is 2. The number of carbonyl (C=O) groups excluding carboxylic acids is 4. The molecule has 24 heteroatoms. The van der Waals surface area contributed by atoms with Gasteiger partial charge in [0.1, 0.15) is 44.3 Å². The SMILES string of the molecule is Cc1cn([C@H]2C[C@@H](N=[N+]=[N-])[C@@H](COC(=O)OCCSSCCOC(=O)O[C@@H](C[C@@H](Cc3ccccc3)C(=O)N[C@H]3c4ccccc4C[C@H]3O)CN3CCN(Cc4cccnc4)C[C@H]3C(=O)NC(C)(C)C)O2)c(=O)[nH]c1=O. The standard InChI is InChI=1S/C52H66N10O12S2/c1-33-28-62(49(67)56-46(33)64)44-26-40(58-59-53)43(74-44)32-72-50(68)70-19-21-75-76-22-20-71-51(69)73-38(30-61-18-17-60(29-35-13-10-16-54-27-35)31-41(61)48(66)57-52(2,3)4)24-37(23-34-11-6-5-7-12-34)47(65)55-45-39-15-9-8-14-36(39)25-42(45)63/h5-16,27-28,37-38,40-45,63H,17-26,29-32H2,1-4H3,(H,55,65)(H,57,66)(H,56,64,67)/t37-,38+,40-,41+,42-,43-,44-,45+/m1/s1. The monoisotopic (exact) mass is 1090 g/mol. The number of aliphatic hydroxyl groups excluding tert-OH is 1. The minimum atomic E-state index is -0.979. The first-order valence-corrected chi connectivity index (χ1v) is 27.7. The van der Waals surface area contributed by atoms with E-state index in [4.69, 9.17) is 29.2 Å². The van der Waals surface area contributed by atoms with Crippen LogP contribution in [-0.4, -0.2) is 147 Å². The number of hydrogen-bond donors (Lipinski definition) is 4. The van der Waals surface area contributed by atoms with E-state index < -0.39 is 77.7 Å². The van der Waals surface area contributed by atoms with Gasteiger partial charge < -0.3 is 39.4 Å². The Morgan fingerprint density at radius 1 is 0.974 bits per heavy atom. The summed E-state index contributed by atoms with van der Waals surface area (Å²) < 4.78 is 29.2. The number of rotatable bonds is 23. The third-order valence-electron chi connectivity index (χ3n) is 13.0. The summed E-state index contributed by atoms with van der Waals surface area (Å²) in [5.41, 5.74) is 11.3. The molecule has 2 aliphatic heterocycles. The lowest BCUT2D eigenvalue weighted by Gasteiger charge is -2.42. The number of azide groups is 1. The van der Waals surface area contributed by atoms with Gasteiger partial charge in [-0.2, -0.15) is 0 Å². The minimum Gasteiger partial charge on any atom is -0.433 e. The Labute approximate surface area is 447 Å². The number of aliphatic hydroxyl groups is 1. The number of aromatic nitrogens is 3. The van der Waals surface area contributed by atoms with E-state index in [9.17, 15) is 33.9 Å². The molecular formula is C52H66N10O12S2. The Balaban J connectivity index is 0.946. The maximum absolute atomic E-state index is 14.5. The molecule has 4 aromatic rings. The number of aryl methyl sites for hydroxylation is 1. The van der Waals surface area contributed by atoms with Gasteiger partial charge in [-0.15, -0.1) is 0 Å². The molecule has 2 aromatic heterocycles. The number of amides is 2. The number of ether oxygens (including phenoxy) is 5. The summed E-state index contributed by atoms with van der Waals surface area (Å²) in [5.74, 6) is -0.497. The van der Waals surface area contributed by atoms with Gasteiger partial charge >= 0.3 is 18.0 Å². The van der Waals surface area contributed by atoms with Crippen LogP contribution in [0.1, 0.15) is 73.7 Å². The first-order valence-electron chi connectivity index (χ1n) is 25.2. The second kappa shape index (κ2) is 27.6. The summed E-state index contributed by atoms with van der Waals surface area (Å²) in [6.07, 6.45) is 0.389. The van der Waals surface area contributed by atoms with E-state index in [2.05, 4.69) is 35.5 Å². The van der Waals surface area contributed by atoms with Gasteiger partial charge in [0.15, 0.2) is 0 Å². The van der Waals surface area contributed by atoms with Gasteiger partial charge in [0.2, 0.25) is 11.8 Å². The predicted molar refractivity (Wildman–Crippen MR) is 284 cm³/mol. The quantitative estimate of drug-likeness (QED) is 0.0181. The first kappa shape index (κ1) is 57.3. The normalized spacial score (nSPS) is 21.3. The molecule has 0 radical (unpaired) electrons. The third-order valence-corrected chi connectivity index (χ3v) is 15.4. The van der Waals surface area contributed by atoms with E-state index in [1.54, 1.807) is 12.4 Å².